The number of carbonyl (C=O) groups is 1. The number of anilines is 1. The molecule has 25 heavy (non-hydrogen) atoms. The number of fused-ring (bicyclic) bond motifs is 1. The topological polar surface area (TPSA) is 97.7 Å². The number of aromatic nitrogens is 1. The van der Waals surface area contributed by atoms with Gasteiger partial charge < -0.3 is 20.7 Å². The zero-order valence-electron chi connectivity index (χ0n) is 16.1. The van der Waals surface area contributed by atoms with E-state index >= 15 is 0 Å². The van der Waals surface area contributed by atoms with Crippen molar-refractivity contribution in [2.75, 3.05) is 12.3 Å². The van der Waals surface area contributed by atoms with Gasteiger partial charge in [0.15, 0.2) is 0 Å². The second-order valence-electron chi connectivity index (χ2n) is 5.89. The van der Waals surface area contributed by atoms with Gasteiger partial charge in [0.25, 0.3) is 0 Å². The van der Waals surface area contributed by atoms with Gasteiger partial charge in [0.05, 0.1) is 5.52 Å². The van der Waals surface area contributed by atoms with Crippen LogP contribution in [-0.4, -0.2) is 33.1 Å². The minimum absolute atomic E-state index is 0. The van der Waals surface area contributed by atoms with Gasteiger partial charge in [0.1, 0.15) is 11.3 Å². The van der Waals surface area contributed by atoms with E-state index in [9.17, 15) is 9.90 Å². The smallest absolute Gasteiger partial charge is 0.421 e. The molecule has 1 heterocycles. The maximum atomic E-state index is 12.1. The van der Waals surface area contributed by atoms with E-state index in [1.807, 2.05) is 32.9 Å². The first-order chi connectivity index (χ1) is 11.1. The maximum absolute atomic E-state index is 12.1. The van der Waals surface area contributed by atoms with Gasteiger partial charge in [-0.25, -0.2) is 9.36 Å². The second kappa shape index (κ2) is 11.2. The zero-order chi connectivity index (χ0) is 19.1. The molecule has 0 bridgehead atoms. The molecule has 0 spiro atoms. The van der Waals surface area contributed by atoms with Crippen LogP contribution >= 0.6 is 0 Å². The van der Waals surface area contributed by atoms with E-state index in [1.54, 1.807) is 33.8 Å². The fourth-order valence-electron chi connectivity index (χ4n) is 1.91. The van der Waals surface area contributed by atoms with Crippen LogP contribution in [0.3, 0.4) is 0 Å². The third-order valence-electron chi connectivity index (χ3n) is 2.71. The molecule has 2 aromatic rings. The number of ether oxygens (including phenoxy) is 1. The third-order valence-corrected chi connectivity index (χ3v) is 2.71. The molecular formula is C18H30N2O4W. The minimum Gasteiger partial charge on any atom is -0.493 e. The number of rotatable bonds is 0. The molecule has 6 nitrogen and oxygen atoms in total. The van der Waals surface area contributed by atoms with Crippen LogP contribution in [0.5, 0.6) is 5.88 Å². The summed E-state index contributed by atoms with van der Waals surface area (Å²) in [5.74, 6) is -0.283. The van der Waals surface area contributed by atoms with Crippen molar-refractivity contribution in [1.29, 1.82) is 0 Å². The van der Waals surface area contributed by atoms with Crippen molar-refractivity contribution in [3.8, 4) is 5.88 Å². The fourth-order valence-corrected chi connectivity index (χ4v) is 1.91. The number of benzene rings is 1. The Morgan fingerprint density at radius 3 is 2.20 bits per heavy atom. The van der Waals surface area contributed by atoms with Gasteiger partial charge in [-0.2, -0.15) is 0 Å². The molecule has 0 radical (unpaired) electrons. The predicted octanol–water partition coefficient (Wildman–Crippen LogP) is 4.04. The normalized spacial score (nSPS) is 9.92. The Kier molecular flexibility index (Phi) is 11.5. The van der Waals surface area contributed by atoms with Crippen LogP contribution in [0.15, 0.2) is 18.2 Å². The Balaban J connectivity index is 0. The summed E-state index contributed by atoms with van der Waals surface area (Å²) in [6.45, 7) is 13.1. The molecular weight excluding hydrogens is 492 g/mol. The van der Waals surface area contributed by atoms with Gasteiger partial charge in [-0.1, -0.05) is 25.5 Å². The van der Waals surface area contributed by atoms with Gasteiger partial charge in [-0.15, -0.1) is 0 Å². The van der Waals surface area contributed by atoms with Crippen LogP contribution in [0.25, 0.3) is 10.9 Å². The van der Waals surface area contributed by atoms with Gasteiger partial charge >= 0.3 is 6.09 Å². The second-order valence-corrected chi connectivity index (χ2v) is 5.89. The first-order valence-corrected chi connectivity index (χ1v) is 8.06. The van der Waals surface area contributed by atoms with E-state index in [1.165, 1.54) is 0 Å². The molecule has 4 N–H and O–H groups in total. The summed E-state index contributed by atoms with van der Waals surface area (Å²) in [6, 6.07) is 5.41. The Morgan fingerprint density at radius 1 is 1.28 bits per heavy atom. The van der Waals surface area contributed by atoms with Crippen molar-refractivity contribution in [3.05, 3.63) is 23.8 Å². The van der Waals surface area contributed by atoms with Gasteiger partial charge in [-0.05, 0) is 46.8 Å². The number of nitrogens with two attached hydrogens (primary N) is 1. The van der Waals surface area contributed by atoms with E-state index in [4.69, 9.17) is 15.6 Å². The van der Waals surface area contributed by atoms with Gasteiger partial charge in [0.2, 0.25) is 5.88 Å². The van der Waals surface area contributed by atoms with Crippen LogP contribution < -0.4 is 5.73 Å². The number of hydrogen-bond acceptors (Lipinski definition) is 5. The van der Waals surface area contributed by atoms with Crippen LogP contribution in [0.4, 0.5) is 10.5 Å². The molecule has 1 aromatic carbocycles. The molecule has 1 aromatic heterocycles. The SMILES string of the molecule is CC.CCO.Cc1ccc2c(c1)c(N)c(O)n2C(=O)OC(C)(C)C.[W]. The van der Waals surface area contributed by atoms with Gasteiger partial charge in [-0.3, -0.25) is 0 Å². The maximum Gasteiger partial charge on any atom is 0.421 e. The Labute approximate surface area is 164 Å². The standard InChI is InChI=1S/C14H18N2O3.C2H6O.C2H6.W/c1-8-5-6-10-9(7-8)11(15)12(17)16(10)13(18)19-14(2,3)4;1-2-3;1-2;/h5-7,17H,15H2,1-4H3;3H,2H2,1H3;1-2H3;. The monoisotopic (exact) mass is 522 g/mol. The molecule has 142 valence electrons. The minimum atomic E-state index is -0.643. The summed E-state index contributed by atoms with van der Waals surface area (Å²) >= 11 is 0. The summed E-state index contributed by atoms with van der Waals surface area (Å²) < 4.78 is 6.36. The number of aliphatic hydroxyl groups excluding tert-OH is 1. The number of nitrogens with zero attached hydrogens (tertiary/aromatic N) is 1. The van der Waals surface area contributed by atoms with E-state index in [0.717, 1.165) is 10.1 Å². The predicted molar refractivity (Wildman–Crippen MR) is 98.5 cm³/mol. The molecule has 0 aliphatic carbocycles. The quantitative estimate of drug-likeness (QED) is 0.486. The third kappa shape index (κ3) is 7.08. The number of hydrogen-bond donors (Lipinski definition) is 3. The van der Waals surface area contributed by atoms with Crippen LogP contribution in [0, 0.1) is 6.92 Å². The van der Waals surface area contributed by atoms with Crippen molar-refractivity contribution >= 4 is 22.7 Å². The number of carbonyl (C=O) groups excluding carboxylic acids is 1. The zero-order valence-corrected chi connectivity index (χ0v) is 19.0. The van der Waals surface area contributed by atoms with Crippen molar-refractivity contribution in [3.63, 3.8) is 0 Å². The number of aryl methyl sites for hydroxylation is 1. The Bertz CT molecular complexity index is 676. The van der Waals surface area contributed by atoms with Crippen LogP contribution in [0.1, 0.15) is 47.1 Å². The molecule has 0 saturated heterocycles. The van der Waals surface area contributed by atoms with Crippen LogP contribution in [-0.2, 0) is 25.8 Å². The molecule has 0 aliphatic heterocycles. The molecule has 0 fully saturated rings. The molecule has 7 heteroatoms. The van der Waals surface area contributed by atoms with Crippen molar-refractivity contribution in [1.82, 2.24) is 4.57 Å². The summed E-state index contributed by atoms with van der Waals surface area (Å²) in [4.78, 5) is 12.1. The number of aromatic hydroxyl groups is 1. The van der Waals surface area contributed by atoms with Gasteiger partial charge in [0, 0.05) is 33.1 Å². The summed E-state index contributed by atoms with van der Waals surface area (Å²) in [5, 5.41) is 18.2. The first kappa shape index (κ1) is 25.7. The largest absolute Gasteiger partial charge is 0.493 e. The van der Waals surface area contributed by atoms with E-state index in [0.29, 0.717) is 10.9 Å². The molecule has 0 unspecified atom stereocenters. The molecule has 0 saturated carbocycles. The molecule has 2 rings (SSSR count). The molecule has 0 atom stereocenters. The molecule has 0 amide bonds. The molecule has 0 aliphatic rings. The first-order valence-electron chi connectivity index (χ1n) is 8.06. The average Bonchev–Trinajstić information content (AvgIpc) is 2.72. The van der Waals surface area contributed by atoms with Crippen molar-refractivity contribution in [2.45, 2.75) is 54.1 Å². The summed E-state index contributed by atoms with van der Waals surface area (Å²) in [7, 11) is 0. The Morgan fingerprint density at radius 2 is 1.76 bits per heavy atom. The van der Waals surface area contributed by atoms with E-state index < -0.39 is 11.7 Å². The van der Waals surface area contributed by atoms with Crippen molar-refractivity contribution in [2.24, 2.45) is 0 Å². The van der Waals surface area contributed by atoms with Crippen LogP contribution in [0.2, 0.25) is 0 Å². The Hall–Kier alpha value is -1.52. The summed E-state index contributed by atoms with van der Waals surface area (Å²) in [6.07, 6.45) is -0.643. The fraction of sp³-hybridized carbons (Fsp3) is 0.500. The van der Waals surface area contributed by atoms with Crippen molar-refractivity contribution < 1.29 is 40.8 Å². The van der Waals surface area contributed by atoms with E-state index in [-0.39, 0.29) is 39.2 Å². The summed E-state index contributed by atoms with van der Waals surface area (Å²) in [5.41, 5.74) is 6.91. The number of aliphatic hydroxyl groups is 1. The average molecular weight is 522 g/mol. The van der Waals surface area contributed by atoms with E-state index in [2.05, 4.69) is 0 Å². The number of nitrogen functional groups attached to an aromatic ring is 1.